The number of Topliss-reactive ketones (excluding diaryl/α,β-unsaturated/α-hetero) is 1. The highest BCUT2D eigenvalue weighted by molar-refractivity contribution is 5.85. The van der Waals surface area contributed by atoms with Gasteiger partial charge < -0.3 is 5.32 Å². The van der Waals surface area contributed by atoms with Gasteiger partial charge in [0.25, 0.3) is 0 Å². The number of alkyl halides is 2. The zero-order valence-electron chi connectivity index (χ0n) is 11.1. The van der Waals surface area contributed by atoms with E-state index in [0.29, 0.717) is 19.4 Å². The Labute approximate surface area is 108 Å². The van der Waals surface area contributed by atoms with E-state index < -0.39 is 5.92 Å². The number of halogens is 2. The van der Waals surface area contributed by atoms with Gasteiger partial charge in [0.05, 0.1) is 0 Å². The first kappa shape index (κ1) is 13.9. The summed E-state index contributed by atoms with van der Waals surface area (Å²) in [6.07, 6.45) is 3.47. The monoisotopic (exact) mass is 259 g/mol. The number of carbonyl (C=O) groups is 1. The maximum absolute atomic E-state index is 13.3. The van der Waals surface area contributed by atoms with Gasteiger partial charge in [-0.15, -0.1) is 0 Å². The fraction of sp³-hybridized carbons (Fsp3) is 0.929. The van der Waals surface area contributed by atoms with Crippen molar-refractivity contribution < 1.29 is 13.6 Å². The predicted octanol–water partition coefficient (Wildman–Crippen LogP) is 3.16. The van der Waals surface area contributed by atoms with Crippen LogP contribution in [0.1, 0.15) is 51.9 Å². The van der Waals surface area contributed by atoms with Crippen LogP contribution in [-0.2, 0) is 4.79 Å². The maximum atomic E-state index is 13.3. The first-order chi connectivity index (χ1) is 8.41. The van der Waals surface area contributed by atoms with E-state index in [9.17, 15) is 13.6 Å². The largest absolute Gasteiger partial charge is 0.316 e. The molecule has 18 heavy (non-hydrogen) atoms. The second-order valence-electron chi connectivity index (χ2n) is 6.29. The summed E-state index contributed by atoms with van der Waals surface area (Å²) in [6, 6.07) is 0. The van der Waals surface area contributed by atoms with Crippen molar-refractivity contribution in [3.63, 3.8) is 0 Å². The molecular weight excluding hydrogens is 236 g/mol. The molecule has 1 saturated carbocycles. The fourth-order valence-electron chi connectivity index (χ4n) is 3.25. The highest BCUT2D eigenvalue weighted by atomic mass is 19.3. The average Bonchev–Trinajstić information content (AvgIpc) is 2.28. The van der Waals surface area contributed by atoms with Crippen molar-refractivity contribution in [3.8, 4) is 0 Å². The van der Waals surface area contributed by atoms with Gasteiger partial charge in [0.1, 0.15) is 5.78 Å². The summed E-state index contributed by atoms with van der Waals surface area (Å²) in [5, 5.41) is 3.24. The van der Waals surface area contributed by atoms with Crippen LogP contribution in [0.5, 0.6) is 0 Å². The van der Waals surface area contributed by atoms with Crippen LogP contribution in [0.4, 0.5) is 8.78 Å². The number of ketones is 1. The summed E-state index contributed by atoms with van der Waals surface area (Å²) >= 11 is 0. The Bertz CT molecular complexity index is 311. The van der Waals surface area contributed by atoms with E-state index >= 15 is 0 Å². The molecule has 2 nitrogen and oxygen atoms in total. The van der Waals surface area contributed by atoms with Gasteiger partial charge in [-0.3, -0.25) is 4.79 Å². The van der Waals surface area contributed by atoms with Gasteiger partial charge in [0.15, 0.2) is 0 Å². The van der Waals surface area contributed by atoms with Crippen LogP contribution in [0.25, 0.3) is 0 Å². The van der Waals surface area contributed by atoms with Gasteiger partial charge in [-0.1, -0.05) is 6.92 Å². The minimum atomic E-state index is -2.55. The van der Waals surface area contributed by atoms with Crippen molar-refractivity contribution >= 4 is 5.78 Å². The lowest BCUT2D eigenvalue weighted by Crippen LogP contribution is -2.44. The van der Waals surface area contributed by atoms with Crippen molar-refractivity contribution in [1.82, 2.24) is 5.32 Å². The van der Waals surface area contributed by atoms with E-state index in [1.54, 1.807) is 0 Å². The zero-order chi connectivity index (χ0) is 13.2. The van der Waals surface area contributed by atoms with E-state index in [2.05, 4.69) is 5.32 Å². The minimum Gasteiger partial charge on any atom is -0.316 e. The molecule has 2 unspecified atom stereocenters. The van der Waals surface area contributed by atoms with E-state index in [1.807, 2.05) is 6.92 Å². The van der Waals surface area contributed by atoms with Crippen molar-refractivity contribution in [2.45, 2.75) is 57.8 Å². The second kappa shape index (κ2) is 5.24. The third-order valence-electron chi connectivity index (χ3n) is 4.49. The number of rotatable bonds is 3. The molecule has 2 aliphatic rings. The van der Waals surface area contributed by atoms with Crippen LogP contribution >= 0.6 is 0 Å². The topological polar surface area (TPSA) is 29.1 Å². The fourth-order valence-corrected chi connectivity index (χ4v) is 3.25. The van der Waals surface area contributed by atoms with Crippen LogP contribution < -0.4 is 5.32 Å². The molecule has 0 bridgehead atoms. The molecule has 0 spiro atoms. The molecule has 1 aliphatic carbocycles. The molecule has 4 heteroatoms. The molecule has 0 amide bonds. The predicted molar refractivity (Wildman–Crippen MR) is 66.7 cm³/mol. The van der Waals surface area contributed by atoms with Crippen molar-refractivity contribution in [3.05, 3.63) is 0 Å². The molecule has 1 saturated heterocycles. The van der Waals surface area contributed by atoms with Gasteiger partial charge >= 0.3 is 0 Å². The lowest BCUT2D eigenvalue weighted by atomic mass is 9.73. The molecule has 1 heterocycles. The molecule has 104 valence electrons. The third-order valence-corrected chi connectivity index (χ3v) is 4.49. The van der Waals surface area contributed by atoms with Crippen LogP contribution in [0.3, 0.4) is 0 Å². The summed E-state index contributed by atoms with van der Waals surface area (Å²) in [7, 11) is 0. The van der Waals surface area contributed by atoms with Gasteiger partial charge in [-0.2, -0.15) is 0 Å². The van der Waals surface area contributed by atoms with Crippen LogP contribution in [0, 0.1) is 11.3 Å². The Morgan fingerprint density at radius 1 is 1.33 bits per heavy atom. The van der Waals surface area contributed by atoms with E-state index in [-0.39, 0.29) is 30.0 Å². The smallest absolute Gasteiger partial charge is 0.248 e. The molecule has 1 aliphatic heterocycles. The Morgan fingerprint density at radius 2 is 2.11 bits per heavy atom. The van der Waals surface area contributed by atoms with Gasteiger partial charge in [-0.05, 0) is 38.1 Å². The van der Waals surface area contributed by atoms with Crippen molar-refractivity contribution in [1.29, 1.82) is 0 Å². The van der Waals surface area contributed by atoms with Gasteiger partial charge in [0, 0.05) is 31.2 Å². The van der Waals surface area contributed by atoms with E-state index in [1.165, 1.54) is 0 Å². The number of hydrogen-bond acceptors (Lipinski definition) is 2. The number of hydrogen-bond donors (Lipinski definition) is 1. The lowest BCUT2D eigenvalue weighted by Gasteiger charge is -2.35. The SMILES string of the molecule is CC1(C(=O)CC2CCCC(F)(F)C2)CCCNC1. The van der Waals surface area contributed by atoms with Crippen LogP contribution in [-0.4, -0.2) is 24.8 Å². The van der Waals surface area contributed by atoms with Gasteiger partial charge in [0.2, 0.25) is 5.92 Å². The zero-order valence-corrected chi connectivity index (χ0v) is 11.1. The molecule has 1 N–H and O–H groups in total. The Kier molecular flexibility index (Phi) is 4.05. The van der Waals surface area contributed by atoms with Crippen molar-refractivity contribution in [2.24, 2.45) is 11.3 Å². The molecule has 0 aromatic rings. The standard InChI is InChI=1S/C14H23F2NO/c1-13(5-3-7-17-10-13)12(18)8-11-4-2-6-14(15,16)9-11/h11,17H,2-10H2,1H3. The van der Waals surface area contributed by atoms with E-state index in [0.717, 1.165) is 25.8 Å². The lowest BCUT2D eigenvalue weighted by molar-refractivity contribution is -0.131. The van der Waals surface area contributed by atoms with Crippen molar-refractivity contribution in [2.75, 3.05) is 13.1 Å². The number of carbonyl (C=O) groups excluding carboxylic acids is 1. The third kappa shape index (κ3) is 3.28. The molecule has 2 atom stereocenters. The van der Waals surface area contributed by atoms with Crippen LogP contribution in [0.15, 0.2) is 0 Å². The molecule has 0 aromatic heterocycles. The quantitative estimate of drug-likeness (QED) is 0.843. The Hall–Kier alpha value is -0.510. The summed E-state index contributed by atoms with van der Waals surface area (Å²) in [6.45, 7) is 3.64. The summed E-state index contributed by atoms with van der Waals surface area (Å²) < 4.78 is 26.6. The Balaban J connectivity index is 1.90. The first-order valence-corrected chi connectivity index (χ1v) is 7.03. The molecule has 0 aromatic carbocycles. The molecule has 0 radical (unpaired) electrons. The highest BCUT2D eigenvalue weighted by Gasteiger charge is 2.40. The average molecular weight is 259 g/mol. The molecule has 2 fully saturated rings. The summed E-state index contributed by atoms with van der Waals surface area (Å²) in [5.74, 6) is -2.48. The summed E-state index contributed by atoms with van der Waals surface area (Å²) in [4.78, 5) is 12.3. The van der Waals surface area contributed by atoms with Crippen LogP contribution in [0.2, 0.25) is 0 Å². The number of nitrogens with one attached hydrogen (secondary N) is 1. The first-order valence-electron chi connectivity index (χ1n) is 7.03. The van der Waals surface area contributed by atoms with Gasteiger partial charge in [-0.25, -0.2) is 8.78 Å². The normalized spacial score (nSPS) is 36.3. The summed E-state index contributed by atoms with van der Waals surface area (Å²) in [5.41, 5.74) is -0.328. The molecule has 2 rings (SSSR count). The van der Waals surface area contributed by atoms with E-state index in [4.69, 9.17) is 0 Å². The minimum absolute atomic E-state index is 0.00346. The number of piperidine rings is 1. The molecular formula is C14H23F2NO. The second-order valence-corrected chi connectivity index (χ2v) is 6.29. The maximum Gasteiger partial charge on any atom is 0.248 e. The highest BCUT2D eigenvalue weighted by Crippen LogP contribution is 2.40. The Morgan fingerprint density at radius 3 is 2.72 bits per heavy atom.